The number of methoxy groups -OCH3 is 2. The highest BCUT2D eigenvalue weighted by molar-refractivity contribution is 7.91. The molecule has 0 atom stereocenters. The number of nitrogens with zero attached hydrogens (tertiary/aromatic N) is 1. The van der Waals surface area contributed by atoms with E-state index in [0.29, 0.717) is 11.5 Å². The van der Waals surface area contributed by atoms with Gasteiger partial charge in [-0.3, -0.25) is 0 Å². The van der Waals surface area contributed by atoms with Crippen molar-refractivity contribution in [3.8, 4) is 23.0 Å². The second-order valence-electron chi connectivity index (χ2n) is 7.49. The molecular weight excluding hydrogens is 459 g/mol. The fraction of sp³-hybridized carbons (Fsp3) is 0.160. The van der Waals surface area contributed by atoms with E-state index in [1.54, 1.807) is 36.4 Å². The summed E-state index contributed by atoms with van der Waals surface area (Å²) in [7, 11) is -0.984. The van der Waals surface area contributed by atoms with Gasteiger partial charge in [0.05, 0.1) is 24.7 Å². The van der Waals surface area contributed by atoms with Crippen LogP contribution in [0.2, 0.25) is 0 Å². The molecule has 0 aliphatic heterocycles. The van der Waals surface area contributed by atoms with Gasteiger partial charge in [-0.05, 0) is 48.9 Å². The van der Waals surface area contributed by atoms with Crippen molar-refractivity contribution in [1.29, 1.82) is 0 Å². The van der Waals surface area contributed by atoms with Crippen molar-refractivity contribution in [2.75, 3.05) is 19.5 Å². The molecule has 4 rings (SSSR count). The maximum absolute atomic E-state index is 14.4. The maximum Gasteiger partial charge on any atom is 0.234 e. The molecule has 0 fully saturated rings. The van der Waals surface area contributed by atoms with E-state index in [9.17, 15) is 12.8 Å². The Morgan fingerprint density at radius 2 is 1.68 bits per heavy atom. The van der Waals surface area contributed by atoms with Crippen LogP contribution in [-0.2, 0) is 16.4 Å². The summed E-state index contributed by atoms with van der Waals surface area (Å²) in [4.78, 5) is 4.24. The van der Waals surface area contributed by atoms with Crippen LogP contribution < -0.4 is 14.8 Å². The summed E-state index contributed by atoms with van der Waals surface area (Å²) in [6, 6.07) is 17.6. The van der Waals surface area contributed by atoms with Gasteiger partial charge in [0.2, 0.25) is 26.6 Å². The summed E-state index contributed by atoms with van der Waals surface area (Å²) in [6.45, 7) is 2.06. The van der Waals surface area contributed by atoms with E-state index >= 15 is 0 Å². The summed E-state index contributed by atoms with van der Waals surface area (Å²) in [5.41, 5.74) is 1.75. The van der Waals surface area contributed by atoms with Crippen molar-refractivity contribution in [3.63, 3.8) is 0 Å². The van der Waals surface area contributed by atoms with Crippen LogP contribution in [-0.4, -0.2) is 27.6 Å². The fourth-order valence-corrected chi connectivity index (χ4v) is 4.63. The van der Waals surface area contributed by atoms with Gasteiger partial charge < -0.3 is 19.2 Å². The zero-order valence-electron chi connectivity index (χ0n) is 18.8. The van der Waals surface area contributed by atoms with Crippen LogP contribution >= 0.6 is 0 Å². The molecule has 4 aromatic rings. The number of halogens is 1. The van der Waals surface area contributed by atoms with Crippen molar-refractivity contribution < 1.29 is 26.7 Å². The van der Waals surface area contributed by atoms with Crippen LogP contribution in [0.15, 0.2) is 81.1 Å². The molecule has 0 radical (unpaired) electrons. The Labute approximate surface area is 197 Å². The molecule has 0 unspecified atom stereocenters. The third kappa shape index (κ3) is 4.60. The second-order valence-corrected chi connectivity index (χ2v) is 9.36. The lowest BCUT2D eigenvalue weighted by atomic mass is 10.2. The van der Waals surface area contributed by atoms with E-state index in [4.69, 9.17) is 13.9 Å². The molecule has 0 saturated carbocycles. The number of ether oxygens (including phenoxy) is 2. The van der Waals surface area contributed by atoms with E-state index < -0.39 is 15.7 Å². The van der Waals surface area contributed by atoms with E-state index in [1.165, 1.54) is 44.6 Å². The molecule has 1 aromatic heterocycles. The molecule has 3 aromatic carbocycles. The lowest BCUT2D eigenvalue weighted by molar-refractivity contribution is 0.354. The molecular formula is C25H23FN2O5S. The zero-order chi connectivity index (χ0) is 24.3. The highest BCUT2D eigenvalue weighted by Gasteiger charge is 2.29. The number of sulfone groups is 1. The predicted molar refractivity (Wildman–Crippen MR) is 125 cm³/mol. The summed E-state index contributed by atoms with van der Waals surface area (Å²) >= 11 is 0. The summed E-state index contributed by atoms with van der Waals surface area (Å²) in [5.74, 6) is 0.288. The average molecular weight is 483 g/mol. The SMILES string of the molecule is COc1ccc(CNc2oc(-c3ccccc3F)nc2S(=O)(=O)c2ccc(C)cc2)cc1OC. The minimum atomic E-state index is -4.05. The number of aromatic nitrogens is 1. The zero-order valence-corrected chi connectivity index (χ0v) is 19.6. The van der Waals surface area contributed by atoms with Crippen LogP contribution in [0.5, 0.6) is 11.5 Å². The molecule has 1 heterocycles. The smallest absolute Gasteiger partial charge is 0.234 e. The van der Waals surface area contributed by atoms with Gasteiger partial charge in [-0.1, -0.05) is 35.9 Å². The van der Waals surface area contributed by atoms with Gasteiger partial charge >= 0.3 is 0 Å². The number of oxazole rings is 1. The van der Waals surface area contributed by atoms with E-state index in [-0.39, 0.29) is 33.8 Å². The topological polar surface area (TPSA) is 90.7 Å². The summed E-state index contributed by atoms with van der Waals surface area (Å²) in [6.07, 6.45) is 0. The third-order valence-corrected chi connectivity index (χ3v) is 6.87. The van der Waals surface area contributed by atoms with Crippen LogP contribution in [0.1, 0.15) is 11.1 Å². The Bertz CT molecular complexity index is 1420. The molecule has 176 valence electrons. The lowest BCUT2D eigenvalue weighted by Crippen LogP contribution is -2.07. The highest BCUT2D eigenvalue weighted by atomic mass is 32.2. The van der Waals surface area contributed by atoms with Gasteiger partial charge in [0.1, 0.15) is 5.82 Å². The van der Waals surface area contributed by atoms with Crippen LogP contribution in [0.3, 0.4) is 0 Å². The van der Waals surface area contributed by atoms with Gasteiger partial charge in [-0.25, -0.2) is 12.8 Å². The fourth-order valence-electron chi connectivity index (χ4n) is 3.35. The Hall–Kier alpha value is -3.85. The molecule has 0 bridgehead atoms. The van der Waals surface area contributed by atoms with Crippen LogP contribution in [0, 0.1) is 12.7 Å². The van der Waals surface area contributed by atoms with Gasteiger partial charge in [0.25, 0.3) is 0 Å². The first-order chi connectivity index (χ1) is 16.3. The Morgan fingerprint density at radius 3 is 2.35 bits per heavy atom. The molecule has 7 nitrogen and oxygen atoms in total. The summed E-state index contributed by atoms with van der Waals surface area (Å²) < 4.78 is 57.5. The van der Waals surface area contributed by atoms with Crippen molar-refractivity contribution in [2.45, 2.75) is 23.4 Å². The maximum atomic E-state index is 14.4. The minimum absolute atomic E-state index is 0.0562. The Kier molecular flexibility index (Phi) is 6.56. The molecule has 0 aliphatic rings. The highest BCUT2D eigenvalue weighted by Crippen LogP contribution is 2.34. The number of hydrogen-bond donors (Lipinski definition) is 1. The Morgan fingerprint density at radius 1 is 0.971 bits per heavy atom. The summed E-state index contributed by atoms with van der Waals surface area (Å²) in [5, 5.41) is 2.66. The molecule has 34 heavy (non-hydrogen) atoms. The molecule has 1 N–H and O–H groups in total. The molecule has 0 amide bonds. The number of nitrogens with one attached hydrogen (secondary N) is 1. The monoisotopic (exact) mass is 482 g/mol. The number of rotatable bonds is 8. The van der Waals surface area contributed by atoms with E-state index in [0.717, 1.165) is 11.1 Å². The van der Waals surface area contributed by atoms with Crippen molar-refractivity contribution in [2.24, 2.45) is 0 Å². The van der Waals surface area contributed by atoms with Gasteiger partial charge in [0.15, 0.2) is 11.5 Å². The van der Waals surface area contributed by atoms with E-state index in [1.807, 2.05) is 6.92 Å². The van der Waals surface area contributed by atoms with E-state index in [2.05, 4.69) is 10.3 Å². The van der Waals surface area contributed by atoms with Crippen molar-refractivity contribution in [1.82, 2.24) is 4.98 Å². The first kappa shape index (κ1) is 23.3. The normalized spacial score (nSPS) is 11.3. The number of hydrogen-bond acceptors (Lipinski definition) is 7. The standard InChI is InChI=1S/C25H23FN2O5S/c1-16-8-11-18(12-9-16)34(29,30)25-24(33-23(28-25)19-6-4-5-7-20(19)26)27-15-17-10-13-21(31-2)22(14-17)32-3/h4-14,27H,15H2,1-3H3. The van der Waals surface area contributed by atoms with Crippen molar-refractivity contribution >= 4 is 15.7 Å². The molecule has 9 heteroatoms. The number of aryl methyl sites for hydroxylation is 1. The second kappa shape index (κ2) is 9.56. The predicted octanol–water partition coefficient (Wildman–Crippen LogP) is 5.25. The lowest BCUT2D eigenvalue weighted by Gasteiger charge is -2.10. The minimum Gasteiger partial charge on any atom is -0.493 e. The molecule has 0 saturated heterocycles. The molecule has 0 spiro atoms. The van der Waals surface area contributed by atoms with Gasteiger partial charge in [0, 0.05) is 6.54 Å². The van der Waals surface area contributed by atoms with Gasteiger partial charge in [-0.2, -0.15) is 4.98 Å². The number of benzene rings is 3. The first-order valence-corrected chi connectivity index (χ1v) is 11.8. The third-order valence-electron chi connectivity index (χ3n) is 5.19. The Balaban J connectivity index is 1.75. The number of anilines is 1. The first-order valence-electron chi connectivity index (χ1n) is 10.4. The van der Waals surface area contributed by atoms with Crippen LogP contribution in [0.4, 0.5) is 10.3 Å². The quantitative estimate of drug-likeness (QED) is 0.367. The average Bonchev–Trinajstić information content (AvgIpc) is 3.28. The largest absolute Gasteiger partial charge is 0.493 e. The van der Waals surface area contributed by atoms with Crippen LogP contribution in [0.25, 0.3) is 11.5 Å². The van der Waals surface area contributed by atoms with Gasteiger partial charge in [-0.15, -0.1) is 0 Å². The molecule has 0 aliphatic carbocycles. The van der Waals surface area contributed by atoms with Crippen molar-refractivity contribution in [3.05, 3.63) is 83.7 Å².